The van der Waals surface area contributed by atoms with Crippen molar-refractivity contribution < 1.29 is 10.0 Å². The summed E-state index contributed by atoms with van der Waals surface area (Å²) >= 11 is 0. The summed E-state index contributed by atoms with van der Waals surface area (Å²) in [6, 6.07) is 9.30. The van der Waals surface area contributed by atoms with Crippen LogP contribution in [0.25, 0.3) is 10.8 Å². The van der Waals surface area contributed by atoms with Crippen molar-refractivity contribution in [3.63, 3.8) is 0 Å². The molecule has 0 saturated carbocycles. The maximum atomic E-state index is 12.3. The van der Waals surface area contributed by atoms with Crippen LogP contribution in [-0.2, 0) is 0 Å². The highest BCUT2D eigenvalue weighted by Crippen LogP contribution is 2.17. The second kappa shape index (κ2) is 5.16. The van der Waals surface area contributed by atoms with Gasteiger partial charge in [-0.1, -0.05) is 29.4 Å². The fraction of sp³-hybridized carbons (Fsp3) is 0.214. The molecule has 6 heteroatoms. The summed E-state index contributed by atoms with van der Waals surface area (Å²) in [5, 5.41) is 16.0. The predicted octanol–water partition coefficient (Wildman–Crippen LogP) is 1.49. The van der Waals surface area contributed by atoms with Crippen molar-refractivity contribution in [2.45, 2.75) is 19.4 Å². The van der Waals surface area contributed by atoms with Crippen LogP contribution in [0.4, 0.5) is 0 Å². The Morgan fingerprint density at radius 3 is 2.75 bits per heavy atom. The average Bonchev–Trinajstić information content (AvgIpc) is 2.45. The first-order valence-electron chi connectivity index (χ1n) is 6.10. The predicted molar refractivity (Wildman–Crippen MR) is 76.7 cm³/mol. The summed E-state index contributed by atoms with van der Waals surface area (Å²) in [5.41, 5.74) is 4.89. The average molecular weight is 272 g/mol. The molecular weight excluding hydrogens is 256 g/mol. The van der Waals surface area contributed by atoms with Crippen molar-refractivity contribution in [2.75, 3.05) is 0 Å². The molecule has 0 spiro atoms. The third kappa shape index (κ3) is 2.54. The second-order valence-electron chi connectivity index (χ2n) is 4.95. The van der Waals surface area contributed by atoms with Gasteiger partial charge in [0.05, 0.1) is 5.54 Å². The van der Waals surface area contributed by atoms with E-state index < -0.39 is 5.54 Å². The lowest BCUT2D eigenvalue weighted by molar-refractivity contribution is 0.0927. The fourth-order valence-electron chi connectivity index (χ4n) is 1.83. The number of amidine groups is 1. The Morgan fingerprint density at radius 2 is 2.05 bits per heavy atom. The zero-order valence-corrected chi connectivity index (χ0v) is 11.3. The normalized spacial score (nSPS) is 12.4. The molecule has 1 aromatic heterocycles. The molecule has 6 nitrogen and oxygen atoms in total. The Kier molecular flexibility index (Phi) is 3.56. The number of nitrogens with one attached hydrogen (secondary N) is 1. The van der Waals surface area contributed by atoms with Gasteiger partial charge in [-0.2, -0.15) is 0 Å². The number of nitrogens with zero attached hydrogens (tertiary/aromatic N) is 2. The lowest BCUT2D eigenvalue weighted by Crippen LogP contribution is -2.53. The molecule has 0 aliphatic carbocycles. The number of benzene rings is 1. The van der Waals surface area contributed by atoms with Gasteiger partial charge in [0.25, 0.3) is 5.91 Å². The Hall–Kier alpha value is -2.63. The third-order valence-electron chi connectivity index (χ3n) is 3.06. The maximum Gasteiger partial charge on any atom is 0.271 e. The van der Waals surface area contributed by atoms with E-state index in [2.05, 4.69) is 15.5 Å². The van der Waals surface area contributed by atoms with Gasteiger partial charge in [-0.15, -0.1) is 0 Å². The molecule has 0 unspecified atom stereocenters. The number of amides is 1. The van der Waals surface area contributed by atoms with Gasteiger partial charge in [-0.3, -0.25) is 9.78 Å². The van der Waals surface area contributed by atoms with Crippen molar-refractivity contribution in [1.82, 2.24) is 10.3 Å². The van der Waals surface area contributed by atoms with Crippen molar-refractivity contribution in [1.29, 1.82) is 0 Å². The van der Waals surface area contributed by atoms with E-state index >= 15 is 0 Å². The van der Waals surface area contributed by atoms with Gasteiger partial charge in [0.2, 0.25) is 0 Å². The number of hydrogen-bond donors (Lipinski definition) is 3. The molecular formula is C14H16N4O2. The van der Waals surface area contributed by atoms with Gasteiger partial charge in [0, 0.05) is 11.6 Å². The monoisotopic (exact) mass is 272 g/mol. The summed E-state index contributed by atoms with van der Waals surface area (Å²) in [7, 11) is 0. The van der Waals surface area contributed by atoms with Gasteiger partial charge >= 0.3 is 0 Å². The van der Waals surface area contributed by atoms with E-state index in [1.54, 1.807) is 20.0 Å². The first-order valence-corrected chi connectivity index (χ1v) is 6.10. The Morgan fingerprint density at radius 1 is 1.35 bits per heavy atom. The third-order valence-corrected chi connectivity index (χ3v) is 3.06. The standard InChI is InChI=1S/C14H16N4O2/c1-14(2,13(15)18-20)17-12(19)11-10-6-4-3-5-9(10)7-8-16-11/h3-8,20H,1-2H3,(H2,15,18)(H,17,19). The number of fused-ring (bicyclic) bond motifs is 1. The zero-order chi connectivity index (χ0) is 14.8. The van der Waals surface area contributed by atoms with Crippen LogP contribution in [0.5, 0.6) is 0 Å². The minimum atomic E-state index is -0.968. The molecule has 4 N–H and O–H groups in total. The minimum Gasteiger partial charge on any atom is -0.409 e. The van der Waals surface area contributed by atoms with Crippen molar-refractivity contribution in [3.05, 3.63) is 42.2 Å². The molecule has 2 aromatic rings. The number of rotatable bonds is 3. The highest BCUT2D eigenvalue weighted by atomic mass is 16.4. The molecule has 0 saturated heterocycles. The van der Waals surface area contributed by atoms with E-state index in [0.717, 1.165) is 10.8 Å². The van der Waals surface area contributed by atoms with E-state index in [-0.39, 0.29) is 11.7 Å². The van der Waals surface area contributed by atoms with Crippen LogP contribution < -0.4 is 11.1 Å². The van der Waals surface area contributed by atoms with Crippen LogP contribution in [0.1, 0.15) is 24.3 Å². The first-order chi connectivity index (χ1) is 9.45. The van der Waals surface area contributed by atoms with E-state index in [0.29, 0.717) is 5.69 Å². The summed E-state index contributed by atoms with van der Waals surface area (Å²) in [6.07, 6.45) is 1.58. The van der Waals surface area contributed by atoms with Crippen LogP contribution in [0.3, 0.4) is 0 Å². The second-order valence-corrected chi connectivity index (χ2v) is 4.95. The van der Waals surface area contributed by atoms with Gasteiger partial charge < -0.3 is 16.3 Å². The highest BCUT2D eigenvalue weighted by molar-refractivity contribution is 6.07. The number of aromatic nitrogens is 1. The maximum absolute atomic E-state index is 12.3. The van der Waals surface area contributed by atoms with Crippen LogP contribution in [0, 0.1) is 0 Å². The molecule has 1 heterocycles. The fourth-order valence-corrected chi connectivity index (χ4v) is 1.83. The molecule has 0 atom stereocenters. The Labute approximate surface area is 116 Å². The molecule has 0 fully saturated rings. The first kappa shape index (κ1) is 13.8. The van der Waals surface area contributed by atoms with Crippen molar-refractivity contribution in [2.24, 2.45) is 10.9 Å². The van der Waals surface area contributed by atoms with Gasteiger partial charge in [-0.25, -0.2) is 0 Å². The quantitative estimate of drug-likeness (QED) is 0.341. The molecule has 1 aromatic carbocycles. The van der Waals surface area contributed by atoms with Gasteiger partial charge in [0.1, 0.15) is 5.69 Å². The molecule has 104 valence electrons. The Balaban J connectivity index is 2.38. The van der Waals surface area contributed by atoms with E-state index in [1.165, 1.54) is 0 Å². The zero-order valence-electron chi connectivity index (χ0n) is 11.3. The number of oxime groups is 1. The number of carbonyl (C=O) groups is 1. The number of carbonyl (C=O) groups excluding carboxylic acids is 1. The number of nitrogens with two attached hydrogens (primary N) is 1. The van der Waals surface area contributed by atoms with E-state index in [1.807, 2.05) is 30.3 Å². The van der Waals surface area contributed by atoms with E-state index in [4.69, 9.17) is 10.9 Å². The highest BCUT2D eigenvalue weighted by Gasteiger charge is 2.27. The topological polar surface area (TPSA) is 101 Å². The van der Waals surface area contributed by atoms with Crippen LogP contribution in [0.15, 0.2) is 41.7 Å². The van der Waals surface area contributed by atoms with Crippen molar-refractivity contribution in [3.8, 4) is 0 Å². The molecule has 0 radical (unpaired) electrons. The number of hydrogen-bond acceptors (Lipinski definition) is 4. The van der Waals surface area contributed by atoms with E-state index in [9.17, 15) is 4.79 Å². The molecule has 2 rings (SSSR count). The molecule has 0 bridgehead atoms. The van der Waals surface area contributed by atoms with Crippen molar-refractivity contribution >= 4 is 22.5 Å². The van der Waals surface area contributed by atoms with Crippen LogP contribution in [-0.4, -0.2) is 27.5 Å². The lowest BCUT2D eigenvalue weighted by atomic mass is 10.0. The summed E-state index contributed by atoms with van der Waals surface area (Å²) in [4.78, 5) is 16.4. The summed E-state index contributed by atoms with van der Waals surface area (Å²) in [5.74, 6) is -0.454. The smallest absolute Gasteiger partial charge is 0.271 e. The van der Waals surface area contributed by atoms with Gasteiger partial charge in [-0.05, 0) is 25.3 Å². The SMILES string of the molecule is CC(C)(NC(=O)c1nccc2ccccc12)C(N)=NO. The Bertz CT molecular complexity index is 674. The summed E-state index contributed by atoms with van der Waals surface area (Å²) in [6.45, 7) is 3.29. The van der Waals surface area contributed by atoms with Crippen LogP contribution in [0.2, 0.25) is 0 Å². The minimum absolute atomic E-state index is 0.0777. The molecule has 0 aliphatic rings. The van der Waals surface area contributed by atoms with Crippen LogP contribution >= 0.6 is 0 Å². The summed E-state index contributed by atoms with van der Waals surface area (Å²) < 4.78 is 0. The lowest BCUT2D eigenvalue weighted by Gasteiger charge is -2.24. The molecule has 20 heavy (non-hydrogen) atoms. The molecule has 1 amide bonds. The number of pyridine rings is 1. The molecule has 0 aliphatic heterocycles. The largest absolute Gasteiger partial charge is 0.409 e. The van der Waals surface area contributed by atoms with Gasteiger partial charge in [0.15, 0.2) is 5.84 Å².